The van der Waals surface area contributed by atoms with Crippen LogP contribution in [0.5, 0.6) is 0 Å². The Morgan fingerprint density at radius 1 is 1.10 bits per heavy atom. The summed E-state index contributed by atoms with van der Waals surface area (Å²) in [5.74, 6) is -0.153. The van der Waals surface area contributed by atoms with Crippen LogP contribution >= 0.6 is 0 Å². The number of carbonyl (C=O) groups excluding carboxylic acids is 2. The molecule has 2 amide bonds. The van der Waals surface area contributed by atoms with Crippen molar-refractivity contribution < 1.29 is 14.3 Å². The highest BCUT2D eigenvalue weighted by Crippen LogP contribution is 2.30. The Morgan fingerprint density at radius 2 is 1.86 bits per heavy atom. The first-order chi connectivity index (χ1) is 14.1. The molecule has 1 N–H and O–H groups in total. The van der Waals surface area contributed by atoms with Gasteiger partial charge in [0.1, 0.15) is 12.6 Å². The molecule has 2 aliphatic rings. The summed E-state index contributed by atoms with van der Waals surface area (Å²) >= 11 is 0. The molecule has 2 aromatic carbocycles. The lowest BCUT2D eigenvalue weighted by atomic mass is 9.87. The standard InChI is InChI=1S/C24H26N2O3/c1-17-14-22(26(15-17)24(28)29-16-18-8-3-2-4-9-18)23(27)25-21-13-7-11-19-10-5-6-12-20(19)21/h2-6,8-10,12,14,21-22H,7,11,13,15-16H2,1H3,(H,25,27)/t21-,22?/m1/s1. The largest absolute Gasteiger partial charge is 0.445 e. The molecular formula is C24H26N2O3. The van der Waals surface area contributed by atoms with Gasteiger partial charge in [-0.3, -0.25) is 9.69 Å². The molecule has 0 saturated carbocycles. The van der Waals surface area contributed by atoms with Crippen LogP contribution in [0.3, 0.4) is 0 Å². The van der Waals surface area contributed by atoms with Gasteiger partial charge in [-0.15, -0.1) is 0 Å². The van der Waals surface area contributed by atoms with Crippen LogP contribution < -0.4 is 5.32 Å². The minimum absolute atomic E-state index is 0.0102. The van der Waals surface area contributed by atoms with Crippen LogP contribution in [0, 0.1) is 0 Å². The molecule has 150 valence electrons. The van der Waals surface area contributed by atoms with Gasteiger partial charge < -0.3 is 10.1 Å². The van der Waals surface area contributed by atoms with Crippen molar-refractivity contribution in [1.29, 1.82) is 0 Å². The van der Waals surface area contributed by atoms with Crippen LogP contribution in [-0.2, 0) is 22.6 Å². The molecule has 1 heterocycles. The highest BCUT2D eigenvalue weighted by Gasteiger charge is 2.35. The molecule has 5 nitrogen and oxygen atoms in total. The van der Waals surface area contributed by atoms with Gasteiger partial charge in [0.2, 0.25) is 5.91 Å². The van der Waals surface area contributed by atoms with E-state index in [-0.39, 0.29) is 18.6 Å². The summed E-state index contributed by atoms with van der Waals surface area (Å²) in [5, 5.41) is 3.16. The van der Waals surface area contributed by atoms with Crippen molar-refractivity contribution in [1.82, 2.24) is 10.2 Å². The van der Waals surface area contributed by atoms with Crippen LogP contribution in [0.1, 0.15) is 42.5 Å². The zero-order valence-electron chi connectivity index (χ0n) is 16.6. The lowest BCUT2D eigenvalue weighted by Crippen LogP contribution is -2.47. The molecule has 2 aromatic rings. The van der Waals surface area contributed by atoms with Crippen LogP contribution in [-0.4, -0.2) is 29.5 Å². The van der Waals surface area contributed by atoms with Gasteiger partial charge in [0, 0.05) is 6.54 Å². The molecule has 29 heavy (non-hydrogen) atoms. The van der Waals surface area contributed by atoms with Crippen LogP contribution in [0.2, 0.25) is 0 Å². The lowest BCUT2D eigenvalue weighted by Gasteiger charge is -2.29. The second-order valence-electron chi connectivity index (χ2n) is 7.78. The number of hydrogen-bond donors (Lipinski definition) is 1. The zero-order chi connectivity index (χ0) is 20.2. The van der Waals surface area contributed by atoms with Gasteiger partial charge in [-0.25, -0.2) is 4.79 Å². The number of hydrogen-bond acceptors (Lipinski definition) is 3. The summed E-state index contributed by atoms with van der Waals surface area (Å²) in [5.41, 5.74) is 4.39. The number of aryl methyl sites for hydroxylation is 1. The molecular weight excluding hydrogens is 364 g/mol. The van der Waals surface area contributed by atoms with Gasteiger partial charge in [0.15, 0.2) is 0 Å². The molecule has 5 heteroatoms. The van der Waals surface area contributed by atoms with Crippen molar-refractivity contribution >= 4 is 12.0 Å². The summed E-state index contributed by atoms with van der Waals surface area (Å²) < 4.78 is 5.46. The fourth-order valence-electron chi connectivity index (χ4n) is 4.14. The van der Waals surface area contributed by atoms with Crippen molar-refractivity contribution in [3.63, 3.8) is 0 Å². The average molecular weight is 390 g/mol. The topological polar surface area (TPSA) is 58.6 Å². The van der Waals surface area contributed by atoms with Gasteiger partial charge in [-0.05, 0) is 42.9 Å². The zero-order valence-corrected chi connectivity index (χ0v) is 16.6. The normalized spacial score (nSPS) is 20.6. The maximum atomic E-state index is 13.1. The van der Waals surface area contributed by atoms with E-state index in [2.05, 4.69) is 17.4 Å². The van der Waals surface area contributed by atoms with Gasteiger partial charge in [-0.1, -0.05) is 66.2 Å². The van der Waals surface area contributed by atoms with E-state index in [0.717, 1.165) is 30.4 Å². The van der Waals surface area contributed by atoms with Gasteiger partial charge in [-0.2, -0.15) is 0 Å². The number of benzene rings is 2. The Labute approximate surface area is 171 Å². The van der Waals surface area contributed by atoms with Crippen LogP contribution in [0.15, 0.2) is 66.2 Å². The number of ether oxygens (including phenoxy) is 1. The summed E-state index contributed by atoms with van der Waals surface area (Å²) in [4.78, 5) is 27.2. The predicted molar refractivity (Wildman–Crippen MR) is 111 cm³/mol. The highest BCUT2D eigenvalue weighted by molar-refractivity contribution is 5.89. The molecule has 0 aromatic heterocycles. The van der Waals surface area contributed by atoms with Gasteiger partial charge in [0.25, 0.3) is 0 Å². The predicted octanol–water partition coefficient (Wildman–Crippen LogP) is 4.15. The summed E-state index contributed by atoms with van der Waals surface area (Å²) in [7, 11) is 0. The first kappa shape index (κ1) is 19.2. The SMILES string of the molecule is CC1=CC(C(=O)N[C@@H]2CCCc3ccccc32)N(C(=O)OCc2ccccc2)C1. The van der Waals surface area contributed by atoms with E-state index in [1.54, 1.807) is 0 Å². The molecule has 1 unspecified atom stereocenters. The van der Waals surface area contributed by atoms with Crippen molar-refractivity contribution in [3.05, 3.63) is 82.9 Å². The van der Waals surface area contributed by atoms with E-state index >= 15 is 0 Å². The first-order valence-electron chi connectivity index (χ1n) is 10.1. The monoisotopic (exact) mass is 390 g/mol. The third-order valence-corrected chi connectivity index (χ3v) is 5.59. The summed E-state index contributed by atoms with van der Waals surface area (Å²) in [6.45, 7) is 2.53. The fraction of sp³-hybridized carbons (Fsp3) is 0.333. The molecule has 0 saturated heterocycles. The van der Waals surface area contributed by atoms with Crippen molar-refractivity contribution in [2.75, 3.05) is 6.54 Å². The quantitative estimate of drug-likeness (QED) is 0.798. The Hall–Kier alpha value is -3.08. The maximum absolute atomic E-state index is 13.1. The van der Waals surface area contributed by atoms with Crippen molar-refractivity contribution in [3.8, 4) is 0 Å². The minimum atomic E-state index is -0.632. The van der Waals surface area contributed by atoms with E-state index < -0.39 is 12.1 Å². The lowest BCUT2D eigenvalue weighted by molar-refractivity contribution is -0.125. The molecule has 0 bridgehead atoms. The average Bonchev–Trinajstić information content (AvgIpc) is 3.15. The number of amides is 2. The number of fused-ring (bicyclic) bond motifs is 1. The third kappa shape index (κ3) is 4.34. The van der Waals surface area contributed by atoms with Gasteiger partial charge >= 0.3 is 6.09 Å². The van der Waals surface area contributed by atoms with Crippen LogP contribution in [0.25, 0.3) is 0 Å². The molecule has 0 fully saturated rings. The van der Waals surface area contributed by atoms with Crippen molar-refractivity contribution in [2.45, 2.75) is 44.9 Å². The van der Waals surface area contributed by atoms with E-state index in [1.807, 2.05) is 55.5 Å². The Bertz CT molecular complexity index is 923. The smallest absolute Gasteiger partial charge is 0.411 e. The van der Waals surface area contributed by atoms with Crippen molar-refractivity contribution in [2.24, 2.45) is 0 Å². The molecule has 1 aliphatic carbocycles. The molecule has 0 spiro atoms. The summed E-state index contributed by atoms with van der Waals surface area (Å²) in [6.07, 6.45) is 4.39. The van der Waals surface area contributed by atoms with Gasteiger partial charge in [0.05, 0.1) is 6.04 Å². The Balaban J connectivity index is 1.42. The number of carbonyl (C=O) groups is 2. The molecule has 4 rings (SSSR count). The Morgan fingerprint density at radius 3 is 2.69 bits per heavy atom. The second-order valence-corrected chi connectivity index (χ2v) is 7.78. The van der Waals surface area contributed by atoms with Crippen LogP contribution in [0.4, 0.5) is 4.79 Å². The van der Waals surface area contributed by atoms with E-state index in [1.165, 1.54) is 16.0 Å². The van der Waals surface area contributed by atoms with E-state index in [4.69, 9.17) is 4.74 Å². The third-order valence-electron chi connectivity index (χ3n) is 5.59. The second kappa shape index (κ2) is 8.52. The van der Waals surface area contributed by atoms with E-state index in [9.17, 15) is 9.59 Å². The number of rotatable bonds is 4. The summed E-state index contributed by atoms with van der Waals surface area (Å²) in [6, 6.07) is 17.2. The number of nitrogens with zero attached hydrogens (tertiary/aromatic N) is 1. The maximum Gasteiger partial charge on any atom is 0.411 e. The fourth-order valence-corrected chi connectivity index (χ4v) is 4.14. The highest BCUT2D eigenvalue weighted by atomic mass is 16.6. The Kier molecular flexibility index (Phi) is 5.65. The van der Waals surface area contributed by atoms with E-state index in [0.29, 0.717) is 6.54 Å². The first-order valence-corrected chi connectivity index (χ1v) is 10.1. The number of nitrogens with one attached hydrogen (secondary N) is 1. The minimum Gasteiger partial charge on any atom is -0.445 e. The molecule has 1 aliphatic heterocycles. The molecule has 2 atom stereocenters. The molecule has 0 radical (unpaired) electrons.